The molecule has 0 spiro atoms. The van der Waals surface area contributed by atoms with Gasteiger partial charge in [-0.3, -0.25) is 9.20 Å². The van der Waals surface area contributed by atoms with Gasteiger partial charge in [0.15, 0.2) is 0 Å². The van der Waals surface area contributed by atoms with Crippen molar-refractivity contribution in [1.29, 1.82) is 0 Å². The first kappa shape index (κ1) is 16.3. The summed E-state index contributed by atoms with van der Waals surface area (Å²) in [4.78, 5) is 16.4. The van der Waals surface area contributed by atoms with Crippen molar-refractivity contribution in [3.63, 3.8) is 0 Å². The van der Waals surface area contributed by atoms with E-state index in [-0.39, 0.29) is 24.5 Å². The molecule has 8 heteroatoms. The zero-order valence-corrected chi connectivity index (χ0v) is 11.9. The fourth-order valence-electron chi connectivity index (χ4n) is 2.11. The van der Waals surface area contributed by atoms with Gasteiger partial charge in [0.1, 0.15) is 11.3 Å². The smallest absolute Gasteiger partial charge is 0.396 e. The van der Waals surface area contributed by atoms with Gasteiger partial charge in [0.05, 0.1) is 11.3 Å². The first-order valence-electron chi connectivity index (χ1n) is 6.85. The Kier molecular flexibility index (Phi) is 4.70. The highest BCUT2D eigenvalue weighted by Gasteiger charge is 2.31. The first-order valence-corrected chi connectivity index (χ1v) is 6.85. The molecule has 0 bridgehead atoms. The third-order valence-electron chi connectivity index (χ3n) is 3.19. The number of nitrogens with zero attached hydrogens (tertiary/aromatic N) is 2. The summed E-state index contributed by atoms with van der Waals surface area (Å²) in [6.45, 7) is 1.94. The summed E-state index contributed by atoms with van der Waals surface area (Å²) in [6.07, 6.45) is -2.82. The lowest BCUT2D eigenvalue weighted by Gasteiger charge is -2.09. The maximum absolute atomic E-state index is 12.8. The molecule has 1 amide bonds. The minimum Gasteiger partial charge on any atom is -0.396 e. The molecule has 22 heavy (non-hydrogen) atoms. The van der Waals surface area contributed by atoms with Crippen molar-refractivity contribution < 1.29 is 23.1 Å². The van der Waals surface area contributed by atoms with Crippen LogP contribution in [0.2, 0.25) is 0 Å². The van der Waals surface area contributed by atoms with Gasteiger partial charge in [-0.05, 0) is 25.0 Å². The molecule has 0 aliphatic rings. The van der Waals surface area contributed by atoms with E-state index in [1.54, 1.807) is 6.92 Å². The molecule has 2 aromatic rings. The number of aryl methyl sites for hydroxylation is 1. The molecule has 2 aromatic heterocycles. The Morgan fingerprint density at radius 3 is 2.73 bits per heavy atom. The van der Waals surface area contributed by atoms with Crippen molar-refractivity contribution in [2.24, 2.45) is 0 Å². The second kappa shape index (κ2) is 6.35. The van der Waals surface area contributed by atoms with Crippen LogP contribution in [-0.4, -0.2) is 33.6 Å². The number of nitrogens with one attached hydrogen (secondary N) is 1. The summed E-state index contributed by atoms with van der Waals surface area (Å²) in [6, 6.07) is 2.18. The molecule has 120 valence electrons. The fourth-order valence-corrected chi connectivity index (χ4v) is 2.11. The molecular formula is C14H16F3N3O2. The van der Waals surface area contributed by atoms with Crippen molar-refractivity contribution in [3.05, 3.63) is 35.3 Å². The van der Waals surface area contributed by atoms with Gasteiger partial charge in [0.2, 0.25) is 0 Å². The quantitative estimate of drug-likeness (QED) is 0.830. The number of fused-ring (bicyclic) bond motifs is 1. The molecule has 0 aliphatic carbocycles. The molecule has 0 fully saturated rings. The molecule has 0 atom stereocenters. The van der Waals surface area contributed by atoms with Crippen molar-refractivity contribution >= 4 is 11.6 Å². The molecule has 0 aliphatic heterocycles. The van der Waals surface area contributed by atoms with Gasteiger partial charge in [0.25, 0.3) is 5.91 Å². The van der Waals surface area contributed by atoms with Gasteiger partial charge < -0.3 is 10.4 Å². The summed E-state index contributed by atoms with van der Waals surface area (Å²) in [5.41, 5.74) is -0.0241. The number of pyridine rings is 1. The van der Waals surface area contributed by atoms with Crippen LogP contribution < -0.4 is 5.32 Å². The third kappa shape index (κ3) is 3.22. The van der Waals surface area contributed by atoms with Crippen LogP contribution in [0.1, 0.15) is 35.1 Å². The van der Waals surface area contributed by atoms with Crippen molar-refractivity contribution in [2.75, 3.05) is 13.2 Å². The molecule has 0 unspecified atom stereocenters. The Hall–Kier alpha value is -2.09. The molecule has 0 saturated heterocycles. The van der Waals surface area contributed by atoms with Crippen LogP contribution in [-0.2, 0) is 12.6 Å². The fraction of sp³-hybridized carbons (Fsp3) is 0.429. The first-order chi connectivity index (χ1) is 10.4. The summed E-state index contributed by atoms with van der Waals surface area (Å²) in [5.74, 6) is -0.503. The van der Waals surface area contributed by atoms with Crippen LogP contribution in [0.15, 0.2) is 18.3 Å². The molecular weight excluding hydrogens is 299 g/mol. The highest BCUT2D eigenvalue weighted by molar-refractivity contribution is 5.94. The van der Waals surface area contributed by atoms with Gasteiger partial charge in [-0.25, -0.2) is 4.98 Å². The molecule has 0 aromatic carbocycles. The molecule has 2 rings (SSSR count). The van der Waals surface area contributed by atoms with Crippen LogP contribution in [0.5, 0.6) is 0 Å². The maximum Gasteiger partial charge on any atom is 0.417 e. The predicted molar refractivity (Wildman–Crippen MR) is 73.6 cm³/mol. The number of halogens is 3. The van der Waals surface area contributed by atoms with Gasteiger partial charge >= 0.3 is 6.18 Å². The van der Waals surface area contributed by atoms with Gasteiger partial charge in [-0.15, -0.1) is 0 Å². The lowest BCUT2D eigenvalue weighted by Crippen LogP contribution is -2.27. The number of rotatable bonds is 5. The zero-order valence-electron chi connectivity index (χ0n) is 11.9. The van der Waals surface area contributed by atoms with E-state index in [4.69, 9.17) is 5.11 Å². The number of amides is 1. The van der Waals surface area contributed by atoms with E-state index in [0.29, 0.717) is 18.5 Å². The normalized spacial score (nSPS) is 11.9. The highest BCUT2D eigenvalue weighted by Crippen LogP contribution is 2.29. The van der Waals surface area contributed by atoms with Crippen molar-refractivity contribution in [1.82, 2.24) is 14.7 Å². The van der Waals surface area contributed by atoms with E-state index < -0.39 is 17.6 Å². The summed E-state index contributed by atoms with van der Waals surface area (Å²) < 4.78 is 39.6. The van der Waals surface area contributed by atoms with Crippen molar-refractivity contribution in [3.8, 4) is 0 Å². The Balaban J connectivity index is 2.47. The van der Waals surface area contributed by atoms with Crippen LogP contribution in [0, 0.1) is 0 Å². The molecule has 2 heterocycles. The lowest BCUT2D eigenvalue weighted by atomic mass is 10.2. The van der Waals surface area contributed by atoms with E-state index in [0.717, 1.165) is 16.7 Å². The monoisotopic (exact) mass is 315 g/mol. The van der Waals surface area contributed by atoms with Crippen molar-refractivity contribution in [2.45, 2.75) is 25.9 Å². The minimum atomic E-state index is -4.49. The van der Waals surface area contributed by atoms with E-state index in [2.05, 4.69) is 10.3 Å². The average molecular weight is 315 g/mol. The molecule has 2 N–H and O–H groups in total. The van der Waals surface area contributed by atoms with E-state index in [1.807, 2.05) is 0 Å². The number of hydrogen-bond donors (Lipinski definition) is 2. The number of aromatic nitrogens is 2. The molecule has 0 radical (unpaired) electrons. The number of hydrogen-bond acceptors (Lipinski definition) is 3. The van der Waals surface area contributed by atoms with Crippen LogP contribution in [0.25, 0.3) is 5.65 Å². The van der Waals surface area contributed by atoms with E-state index in [9.17, 15) is 18.0 Å². The third-order valence-corrected chi connectivity index (χ3v) is 3.19. The Morgan fingerprint density at radius 1 is 1.41 bits per heavy atom. The second-order valence-corrected chi connectivity index (χ2v) is 4.74. The highest BCUT2D eigenvalue weighted by atomic mass is 19.4. The maximum atomic E-state index is 12.8. The second-order valence-electron chi connectivity index (χ2n) is 4.74. The number of aliphatic hydroxyl groups excluding tert-OH is 1. The van der Waals surface area contributed by atoms with E-state index >= 15 is 0 Å². The standard InChI is InChI=1S/C14H16F3N3O2/c1-2-10-12(13(22)18-6-3-7-21)20-8-9(14(15,16)17)4-5-11(20)19-10/h4-5,8,21H,2-3,6-7H2,1H3,(H,18,22). The van der Waals surface area contributed by atoms with Gasteiger partial charge in [-0.1, -0.05) is 6.92 Å². The molecule has 0 saturated carbocycles. The predicted octanol–water partition coefficient (Wildman–Crippen LogP) is 2.03. The summed E-state index contributed by atoms with van der Waals surface area (Å²) in [5, 5.41) is 11.3. The van der Waals surface area contributed by atoms with E-state index in [1.165, 1.54) is 6.07 Å². The number of carbonyl (C=O) groups excluding carboxylic acids is 1. The van der Waals surface area contributed by atoms with Crippen LogP contribution in [0.3, 0.4) is 0 Å². The number of carbonyl (C=O) groups is 1. The molecule has 5 nitrogen and oxygen atoms in total. The van der Waals surface area contributed by atoms with Gasteiger partial charge in [0, 0.05) is 19.3 Å². The Labute approximate surface area is 124 Å². The van der Waals surface area contributed by atoms with Crippen LogP contribution in [0.4, 0.5) is 13.2 Å². The Morgan fingerprint density at radius 2 is 2.14 bits per heavy atom. The zero-order chi connectivity index (χ0) is 16.3. The minimum absolute atomic E-state index is 0.0771. The summed E-state index contributed by atoms with van der Waals surface area (Å²) in [7, 11) is 0. The lowest BCUT2D eigenvalue weighted by molar-refractivity contribution is -0.137. The summed E-state index contributed by atoms with van der Waals surface area (Å²) >= 11 is 0. The van der Waals surface area contributed by atoms with Crippen LogP contribution >= 0.6 is 0 Å². The number of aliphatic hydroxyl groups is 1. The topological polar surface area (TPSA) is 66.6 Å². The largest absolute Gasteiger partial charge is 0.417 e. The van der Waals surface area contributed by atoms with Gasteiger partial charge in [-0.2, -0.15) is 13.2 Å². The SMILES string of the molecule is CCc1nc2ccc(C(F)(F)F)cn2c1C(=O)NCCCO. The Bertz CT molecular complexity index is 680. The number of imidazole rings is 1. The average Bonchev–Trinajstić information content (AvgIpc) is 2.84. The number of alkyl halides is 3.